The molecule has 0 spiro atoms. The Morgan fingerprint density at radius 1 is 1.29 bits per heavy atom. The number of halogens is 1. The first kappa shape index (κ1) is 12.6. The highest BCUT2D eigenvalue weighted by Gasteiger charge is 2.33. The molecule has 0 aliphatic heterocycles. The zero-order chi connectivity index (χ0) is 12.3. The van der Waals surface area contributed by atoms with Crippen LogP contribution in [-0.4, -0.2) is 13.1 Å². The first-order valence-corrected chi connectivity index (χ1v) is 6.63. The van der Waals surface area contributed by atoms with Gasteiger partial charge in [-0.15, -0.1) is 0 Å². The fourth-order valence-electron chi connectivity index (χ4n) is 2.56. The predicted molar refractivity (Wildman–Crippen MR) is 69.6 cm³/mol. The summed E-state index contributed by atoms with van der Waals surface area (Å²) in [5.74, 6) is 1.69. The maximum atomic E-state index is 13.7. The molecule has 0 aromatic heterocycles. The lowest BCUT2D eigenvalue weighted by Gasteiger charge is -2.37. The molecule has 1 saturated carbocycles. The Balaban J connectivity index is 1.88. The zero-order valence-corrected chi connectivity index (χ0v) is 10.7. The van der Waals surface area contributed by atoms with Crippen molar-refractivity contribution in [3.05, 3.63) is 35.6 Å². The molecule has 0 bridgehead atoms. The molecular formula is C15H22FN. The zero-order valence-electron chi connectivity index (χ0n) is 10.7. The smallest absolute Gasteiger partial charge is 0.126 e. The minimum Gasteiger partial charge on any atom is -0.316 e. The third kappa shape index (κ3) is 3.06. The molecule has 2 heteroatoms. The largest absolute Gasteiger partial charge is 0.316 e. The maximum Gasteiger partial charge on any atom is 0.126 e. The normalized spacial score (nSPS) is 23.8. The molecule has 0 amide bonds. The lowest BCUT2D eigenvalue weighted by Crippen LogP contribution is -2.35. The number of hydrogen-bond donors (Lipinski definition) is 1. The van der Waals surface area contributed by atoms with Crippen LogP contribution in [0.15, 0.2) is 24.3 Å². The van der Waals surface area contributed by atoms with Crippen molar-refractivity contribution in [3.63, 3.8) is 0 Å². The van der Waals surface area contributed by atoms with E-state index in [4.69, 9.17) is 0 Å². The minimum atomic E-state index is -0.0361. The van der Waals surface area contributed by atoms with Crippen molar-refractivity contribution in [2.24, 2.45) is 11.8 Å². The Labute approximate surface area is 103 Å². The van der Waals surface area contributed by atoms with Crippen LogP contribution in [0.3, 0.4) is 0 Å². The highest BCUT2D eigenvalue weighted by molar-refractivity contribution is 5.24. The van der Waals surface area contributed by atoms with Crippen LogP contribution in [0.1, 0.15) is 38.2 Å². The van der Waals surface area contributed by atoms with Gasteiger partial charge in [0.05, 0.1) is 0 Å². The Bertz CT molecular complexity index is 362. The average molecular weight is 235 g/mol. The standard InChI is InChI=1S/C15H22FN/c1-11(2)9-17-10-12-7-8-13(12)14-5-3-4-6-15(14)16/h3-6,11-13,17H,7-10H2,1-2H3. The summed E-state index contributed by atoms with van der Waals surface area (Å²) in [5.41, 5.74) is 0.912. The molecule has 17 heavy (non-hydrogen) atoms. The van der Waals surface area contributed by atoms with Crippen molar-refractivity contribution in [2.45, 2.75) is 32.6 Å². The van der Waals surface area contributed by atoms with Crippen molar-refractivity contribution in [3.8, 4) is 0 Å². The van der Waals surface area contributed by atoms with Crippen molar-refractivity contribution < 1.29 is 4.39 Å². The average Bonchev–Trinajstić information content (AvgIpc) is 2.25. The van der Waals surface area contributed by atoms with Gasteiger partial charge in [0.15, 0.2) is 0 Å². The van der Waals surface area contributed by atoms with Crippen LogP contribution < -0.4 is 5.32 Å². The molecule has 94 valence electrons. The molecule has 2 unspecified atom stereocenters. The molecule has 2 rings (SSSR count). The van der Waals surface area contributed by atoms with Gasteiger partial charge in [0.1, 0.15) is 5.82 Å². The van der Waals surface area contributed by atoms with E-state index in [2.05, 4.69) is 19.2 Å². The third-order valence-corrected chi connectivity index (χ3v) is 3.68. The SMILES string of the molecule is CC(C)CNCC1CCC1c1ccccc1F. The van der Waals surface area contributed by atoms with Crippen LogP contribution in [-0.2, 0) is 0 Å². The number of hydrogen-bond acceptors (Lipinski definition) is 1. The van der Waals surface area contributed by atoms with Crippen LogP contribution in [0, 0.1) is 17.7 Å². The summed E-state index contributed by atoms with van der Waals surface area (Å²) in [6.45, 7) is 6.50. The molecule has 0 radical (unpaired) electrons. The molecule has 1 aliphatic carbocycles. The number of benzene rings is 1. The van der Waals surface area contributed by atoms with Gasteiger partial charge in [-0.3, -0.25) is 0 Å². The first-order valence-electron chi connectivity index (χ1n) is 6.63. The summed E-state index contributed by atoms with van der Waals surface area (Å²) in [4.78, 5) is 0. The molecular weight excluding hydrogens is 213 g/mol. The van der Waals surface area contributed by atoms with E-state index >= 15 is 0 Å². The van der Waals surface area contributed by atoms with E-state index in [1.54, 1.807) is 12.1 Å². The molecule has 1 aliphatic rings. The van der Waals surface area contributed by atoms with Crippen LogP contribution in [0.5, 0.6) is 0 Å². The van der Waals surface area contributed by atoms with Crippen molar-refractivity contribution in [1.82, 2.24) is 5.32 Å². The van der Waals surface area contributed by atoms with Crippen molar-refractivity contribution in [1.29, 1.82) is 0 Å². The number of nitrogens with one attached hydrogen (secondary N) is 1. The summed E-state index contributed by atoms with van der Waals surface area (Å²) in [6, 6.07) is 7.22. The van der Waals surface area contributed by atoms with Crippen LogP contribution in [0.25, 0.3) is 0 Å². The Morgan fingerprint density at radius 3 is 2.65 bits per heavy atom. The molecule has 1 N–H and O–H groups in total. The van der Waals surface area contributed by atoms with E-state index in [1.807, 2.05) is 12.1 Å². The van der Waals surface area contributed by atoms with Gasteiger partial charge < -0.3 is 5.32 Å². The van der Waals surface area contributed by atoms with E-state index in [9.17, 15) is 4.39 Å². The minimum absolute atomic E-state index is 0.0361. The monoisotopic (exact) mass is 235 g/mol. The second-order valence-electron chi connectivity index (χ2n) is 5.52. The second-order valence-corrected chi connectivity index (χ2v) is 5.52. The summed E-state index contributed by atoms with van der Waals surface area (Å²) in [7, 11) is 0. The molecule has 0 heterocycles. The number of rotatable bonds is 5. The van der Waals surface area contributed by atoms with Gasteiger partial charge in [-0.2, -0.15) is 0 Å². The van der Waals surface area contributed by atoms with Gasteiger partial charge >= 0.3 is 0 Å². The molecule has 1 aromatic carbocycles. The van der Waals surface area contributed by atoms with E-state index < -0.39 is 0 Å². The molecule has 1 aromatic rings. The quantitative estimate of drug-likeness (QED) is 0.822. The fourth-order valence-corrected chi connectivity index (χ4v) is 2.56. The van der Waals surface area contributed by atoms with E-state index in [-0.39, 0.29) is 5.82 Å². The van der Waals surface area contributed by atoms with Gasteiger partial charge in [0.2, 0.25) is 0 Å². The van der Waals surface area contributed by atoms with Gasteiger partial charge in [-0.1, -0.05) is 32.0 Å². The third-order valence-electron chi connectivity index (χ3n) is 3.68. The van der Waals surface area contributed by atoms with Crippen molar-refractivity contribution in [2.75, 3.05) is 13.1 Å². The van der Waals surface area contributed by atoms with Crippen LogP contribution in [0.4, 0.5) is 4.39 Å². The first-order chi connectivity index (χ1) is 8.18. The lowest BCUT2D eigenvalue weighted by molar-refractivity contribution is 0.238. The highest BCUT2D eigenvalue weighted by atomic mass is 19.1. The fraction of sp³-hybridized carbons (Fsp3) is 0.600. The lowest BCUT2D eigenvalue weighted by atomic mass is 9.70. The van der Waals surface area contributed by atoms with Gasteiger partial charge in [-0.25, -0.2) is 4.39 Å². The van der Waals surface area contributed by atoms with Crippen molar-refractivity contribution >= 4 is 0 Å². The van der Waals surface area contributed by atoms with Gasteiger partial charge in [0.25, 0.3) is 0 Å². The summed E-state index contributed by atoms with van der Waals surface area (Å²) in [6.07, 6.45) is 2.36. The van der Waals surface area contributed by atoms with Gasteiger partial charge in [-0.05, 0) is 55.3 Å². The molecule has 1 fully saturated rings. The topological polar surface area (TPSA) is 12.0 Å². The summed E-state index contributed by atoms with van der Waals surface area (Å²) in [5, 5.41) is 3.48. The maximum absolute atomic E-state index is 13.7. The predicted octanol–water partition coefficient (Wildman–Crippen LogP) is 3.56. The molecule has 1 nitrogen and oxygen atoms in total. The second kappa shape index (κ2) is 5.63. The van der Waals surface area contributed by atoms with E-state index in [0.717, 1.165) is 25.1 Å². The van der Waals surface area contributed by atoms with Crippen LogP contribution in [0.2, 0.25) is 0 Å². The Kier molecular flexibility index (Phi) is 4.16. The van der Waals surface area contributed by atoms with Gasteiger partial charge in [0, 0.05) is 0 Å². The Morgan fingerprint density at radius 2 is 2.06 bits per heavy atom. The van der Waals surface area contributed by atoms with E-state index in [1.165, 1.54) is 6.42 Å². The summed E-state index contributed by atoms with van der Waals surface area (Å²) < 4.78 is 13.7. The highest BCUT2D eigenvalue weighted by Crippen LogP contribution is 2.42. The van der Waals surface area contributed by atoms with Crippen LogP contribution >= 0.6 is 0 Å². The Hall–Kier alpha value is -0.890. The molecule has 2 atom stereocenters. The summed E-state index contributed by atoms with van der Waals surface area (Å²) >= 11 is 0. The molecule has 0 saturated heterocycles. The van der Waals surface area contributed by atoms with E-state index in [0.29, 0.717) is 17.8 Å².